The molecule has 27 heavy (non-hydrogen) atoms. The number of carbonyl (C=O) groups excluding carboxylic acids is 1. The molecule has 1 aliphatic rings. The minimum Gasteiger partial charge on any atom is -0.382 e. The molecule has 144 valence electrons. The maximum absolute atomic E-state index is 12.3. The van der Waals surface area contributed by atoms with Crippen molar-refractivity contribution >= 4 is 11.9 Å². The highest BCUT2D eigenvalue weighted by Gasteiger charge is 2.13. The van der Waals surface area contributed by atoms with Crippen molar-refractivity contribution < 1.29 is 9.53 Å². The summed E-state index contributed by atoms with van der Waals surface area (Å²) in [6.07, 6.45) is 8.19. The van der Waals surface area contributed by atoms with E-state index in [-0.39, 0.29) is 5.91 Å². The van der Waals surface area contributed by atoms with Crippen LogP contribution in [-0.4, -0.2) is 48.7 Å². The largest absolute Gasteiger partial charge is 0.382 e. The molecule has 1 saturated heterocycles. The standard InChI is InChI=1S/C21H28N4O2/c1-2-27-13-7-10-22-20(26)18-9-6-8-17(14-18)19-15-23-21(24-16-19)25-11-4-3-5-12-25/h6,8-9,14-16H,2-5,7,10-13H2,1H3,(H,22,26). The van der Waals surface area contributed by atoms with Gasteiger partial charge in [-0.25, -0.2) is 9.97 Å². The van der Waals surface area contributed by atoms with Gasteiger partial charge in [-0.15, -0.1) is 0 Å². The lowest BCUT2D eigenvalue weighted by atomic mass is 10.1. The monoisotopic (exact) mass is 368 g/mol. The van der Waals surface area contributed by atoms with Gasteiger partial charge in [-0.3, -0.25) is 4.79 Å². The van der Waals surface area contributed by atoms with Gasteiger partial charge in [0.15, 0.2) is 0 Å². The van der Waals surface area contributed by atoms with Gasteiger partial charge in [-0.05, 0) is 50.3 Å². The molecule has 0 atom stereocenters. The van der Waals surface area contributed by atoms with Gasteiger partial charge in [0.1, 0.15) is 0 Å². The Morgan fingerprint density at radius 3 is 2.67 bits per heavy atom. The molecule has 1 aliphatic heterocycles. The number of hydrogen-bond donors (Lipinski definition) is 1. The summed E-state index contributed by atoms with van der Waals surface area (Å²) in [6.45, 7) is 5.99. The third-order valence-corrected chi connectivity index (χ3v) is 4.69. The Morgan fingerprint density at radius 1 is 1.15 bits per heavy atom. The van der Waals surface area contributed by atoms with E-state index in [9.17, 15) is 4.79 Å². The summed E-state index contributed by atoms with van der Waals surface area (Å²) in [5.41, 5.74) is 2.51. The molecule has 1 aromatic heterocycles. The fraction of sp³-hybridized carbons (Fsp3) is 0.476. The summed E-state index contributed by atoms with van der Waals surface area (Å²) in [6, 6.07) is 7.58. The number of nitrogens with one attached hydrogen (secondary N) is 1. The molecule has 3 rings (SSSR count). The van der Waals surface area contributed by atoms with Crippen LogP contribution in [0, 0.1) is 0 Å². The Morgan fingerprint density at radius 2 is 1.93 bits per heavy atom. The number of nitrogens with zero attached hydrogens (tertiary/aromatic N) is 3. The normalized spacial score (nSPS) is 14.2. The van der Waals surface area contributed by atoms with Crippen molar-refractivity contribution in [1.29, 1.82) is 0 Å². The molecule has 0 saturated carbocycles. The van der Waals surface area contributed by atoms with Crippen molar-refractivity contribution in [3.8, 4) is 11.1 Å². The Bertz CT molecular complexity index is 727. The van der Waals surface area contributed by atoms with Crippen LogP contribution in [0.4, 0.5) is 5.95 Å². The summed E-state index contributed by atoms with van der Waals surface area (Å²) in [4.78, 5) is 23.6. The van der Waals surface area contributed by atoms with Gasteiger partial charge < -0.3 is 15.0 Å². The quantitative estimate of drug-likeness (QED) is 0.724. The summed E-state index contributed by atoms with van der Waals surface area (Å²) in [5.74, 6) is 0.723. The van der Waals surface area contributed by atoms with Crippen molar-refractivity contribution in [2.24, 2.45) is 0 Å². The highest BCUT2D eigenvalue weighted by molar-refractivity contribution is 5.95. The van der Waals surface area contributed by atoms with Crippen LogP contribution in [0.15, 0.2) is 36.7 Å². The first-order valence-corrected chi connectivity index (χ1v) is 9.81. The first kappa shape index (κ1) is 19.3. The molecule has 1 N–H and O–H groups in total. The van der Waals surface area contributed by atoms with Crippen molar-refractivity contribution in [1.82, 2.24) is 15.3 Å². The molecule has 1 amide bonds. The maximum atomic E-state index is 12.3. The zero-order valence-electron chi connectivity index (χ0n) is 16.0. The van der Waals surface area contributed by atoms with Crippen LogP contribution in [0.5, 0.6) is 0 Å². The number of rotatable bonds is 8. The second-order valence-corrected chi connectivity index (χ2v) is 6.71. The van der Waals surface area contributed by atoms with Crippen LogP contribution in [-0.2, 0) is 4.74 Å². The summed E-state index contributed by atoms with van der Waals surface area (Å²) in [7, 11) is 0. The first-order chi connectivity index (χ1) is 13.3. The molecule has 6 nitrogen and oxygen atoms in total. The molecule has 0 bridgehead atoms. The smallest absolute Gasteiger partial charge is 0.251 e. The van der Waals surface area contributed by atoms with E-state index in [1.54, 1.807) is 0 Å². The third-order valence-electron chi connectivity index (χ3n) is 4.69. The summed E-state index contributed by atoms with van der Waals surface area (Å²) >= 11 is 0. The first-order valence-electron chi connectivity index (χ1n) is 9.81. The SMILES string of the molecule is CCOCCCNC(=O)c1cccc(-c2cnc(N3CCCCC3)nc2)c1. The van der Waals surface area contributed by atoms with Gasteiger partial charge in [-0.2, -0.15) is 0 Å². The van der Waals surface area contributed by atoms with Crippen LogP contribution in [0.25, 0.3) is 11.1 Å². The Labute approximate surface area is 161 Å². The van der Waals surface area contributed by atoms with Crippen LogP contribution >= 0.6 is 0 Å². The van der Waals surface area contributed by atoms with Crippen LogP contribution in [0.3, 0.4) is 0 Å². The van der Waals surface area contributed by atoms with Crippen LogP contribution in [0.2, 0.25) is 0 Å². The number of hydrogen-bond acceptors (Lipinski definition) is 5. The topological polar surface area (TPSA) is 67.3 Å². The predicted octanol–water partition coefficient (Wildman–Crippen LogP) is 3.29. The third kappa shape index (κ3) is 5.50. The second-order valence-electron chi connectivity index (χ2n) is 6.71. The van der Waals surface area contributed by atoms with E-state index >= 15 is 0 Å². The molecule has 6 heteroatoms. The zero-order valence-corrected chi connectivity index (χ0v) is 16.0. The fourth-order valence-electron chi connectivity index (χ4n) is 3.19. The molecule has 1 fully saturated rings. The average molecular weight is 368 g/mol. The molecule has 0 aliphatic carbocycles. The van der Waals surface area contributed by atoms with Crippen molar-refractivity contribution in [2.45, 2.75) is 32.6 Å². The second kappa shape index (κ2) is 10.0. The van der Waals surface area contributed by atoms with Crippen LogP contribution in [0.1, 0.15) is 43.0 Å². The summed E-state index contributed by atoms with van der Waals surface area (Å²) in [5, 5.41) is 2.93. The van der Waals surface area contributed by atoms with E-state index < -0.39 is 0 Å². The number of aromatic nitrogens is 2. The zero-order chi connectivity index (χ0) is 18.9. The van der Waals surface area contributed by atoms with Crippen molar-refractivity contribution in [2.75, 3.05) is 37.7 Å². The number of ether oxygens (including phenoxy) is 1. The minimum absolute atomic E-state index is 0.0702. The van der Waals surface area contributed by atoms with Crippen molar-refractivity contribution in [3.05, 3.63) is 42.2 Å². The van der Waals surface area contributed by atoms with Crippen molar-refractivity contribution in [3.63, 3.8) is 0 Å². The molecule has 0 unspecified atom stereocenters. The molecule has 2 heterocycles. The maximum Gasteiger partial charge on any atom is 0.251 e. The highest BCUT2D eigenvalue weighted by atomic mass is 16.5. The lowest BCUT2D eigenvalue weighted by Crippen LogP contribution is -2.30. The molecular formula is C21H28N4O2. The van der Waals surface area contributed by atoms with Gasteiger partial charge >= 0.3 is 0 Å². The fourth-order valence-corrected chi connectivity index (χ4v) is 3.19. The highest BCUT2D eigenvalue weighted by Crippen LogP contribution is 2.21. The van der Waals surface area contributed by atoms with Gasteiger partial charge in [0.2, 0.25) is 5.95 Å². The lowest BCUT2D eigenvalue weighted by Gasteiger charge is -2.26. The number of piperidine rings is 1. The number of amides is 1. The Hall–Kier alpha value is -2.47. The molecular weight excluding hydrogens is 340 g/mol. The van der Waals surface area contributed by atoms with E-state index in [1.807, 2.05) is 43.6 Å². The summed E-state index contributed by atoms with van der Waals surface area (Å²) < 4.78 is 5.28. The van der Waals surface area contributed by atoms with Gasteiger partial charge in [0.25, 0.3) is 5.91 Å². The van der Waals surface area contributed by atoms with E-state index in [4.69, 9.17) is 4.74 Å². The van der Waals surface area contributed by atoms with Gasteiger partial charge in [0, 0.05) is 56.4 Å². The molecule has 1 aromatic carbocycles. The van der Waals surface area contributed by atoms with E-state index in [0.29, 0.717) is 25.3 Å². The van der Waals surface area contributed by atoms with E-state index in [2.05, 4.69) is 20.2 Å². The predicted molar refractivity (Wildman–Crippen MR) is 107 cm³/mol. The van der Waals surface area contributed by atoms with Crippen LogP contribution < -0.4 is 10.2 Å². The number of anilines is 1. The van der Waals surface area contributed by atoms with E-state index in [0.717, 1.165) is 36.6 Å². The number of carbonyl (C=O) groups is 1. The lowest BCUT2D eigenvalue weighted by molar-refractivity contribution is 0.0944. The molecule has 0 spiro atoms. The number of benzene rings is 1. The Kier molecular flexibility index (Phi) is 7.16. The molecule has 2 aromatic rings. The average Bonchev–Trinajstić information content (AvgIpc) is 2.74. The molecule has 0 radical (unpaired) electrons. The van der Waals surface area contributed by atoms with Gasteiger partial charge in [-0.1, -0.05) is 12.1 Å². The van der Waals surface area contributed by atoms with Gasteiger partial charge in [0.05, 0.1) is 0 Å². The Balaban J connectivity index is 1.61. The van der Waals surface area contributed by atoms with E-state index in [1.165, 1.54) is 19.3 Å². The minimum atomic E-state index is -0.0702.